The van der Waals surface area contributed by atoms with Crippen LogP contribution in [0.1, 0.15) is 21.1 Å². The second-order valence-electron chi connectivity index (χ2n) is 5.36. The van der Waals surface area contributed by atoms with Crippen LogP contribution in [0.15, 0.2) is 71.2 Å². The van der Waals surface area contributed by atoms with Crippen molar-refractivity contribution in [3.63, 3.8) is 0 Å². The molecule has 0 amide bonds. The summed E-state index contributed by atoms with van der Waals surface area (Å²) in [4.78, 5) is 2.40. The van der Waals surface area contributed by atoms with Crippen LogP contribution in [-0.4, -0.2) is 22.8 Å². The van der Waals surface area contributed by atoms with Crippen molar-refractivity contribution < 1.29 is 44.4 Å². The zero-order chi connectivity index (χ0) is 17.5. The van der Waals surface area contributed by atoms with E-state index in [-0.39, 0.29) is 24.8 Å². The van der Waals surface area contributed by atoms with E-state index in [1.165, 1.54) is 22.2 Å². The predicted octanol–water partition coefficient (Wildman–Crippen LogP) is -3.96. The van der Waals surface area contributed by atoms with E-state index in [0.29, 0.717) is 13.1 Å². The summed E-state index contributed by atoms with van der Waals surface area (Å²) in [6, 6.07) is 15.7. The van der Waals surface area contributed by atoms with Crippen LogP contribution < -0.4 is 33.9 Å². The molecule has 3 aromatic heterocycles. The topological polar surface area (TPSA) is 72.9 Å². The number of halogens is 2. The van der Waals surface area contributed by atoms with E-state index >= 15 is 0 Å². The molecule has 0 saturated carbocycles. The average molecular weight is 425 g/mol. The molecule has 0 aliphatic rings. The molecule has 0 unspecified atom stereocenters. The quantitative estimate of drug-likeness (QED) is 0.183. The molecule has 3 rings (SSSR count). The Labute approximate surface area is 173 Å². The molecule has 9 heteroatoms. The van der Waals surface area contributed by atoms with Crippen LogP contribution in [0, 0.1) is 0 Å². The fourth-order valence-corrected chi connectivity index (χ4v) is 3.56. The van der Waals surface area contributed by atoms with Gasteiger partial charge in [-0.15, -0.1) is 11.3 Å². The summed E-state index contributed by atoms with van der Waals surface area (Å²) in [5.74, 6) is 0. The summed E-state index contributed by atoms with van der Waals surface area (Å²) in [6.07, 6.45) is 6.76. The van der Waals surface area contributed by atoms with Crippen LogP contribution in [0.3, 0.4) is 0 Å². The average Bonchev–Trinajstić information content (AvgIpc) is 3.06. The minimum Gasteiger partial charge on any atom is -1.00 e. The summed E-state index contributed by atoms with van der Waals surface area (Å²) in [7, 11) is 0. The van der Waals surface area contributed by atoms with E-state index in [1.54, 1.807) is 11.3 Å². The van der Waals surface area contributed by atoms with Crippen LogP contribution in [0.2, 0.25) is 0 Å². The molecule has 27 heavy (non-hydrogen) atoms. The van der Waals surface area contributed by atoms with Gasteiger partial charge in [0.25, 0.3) is 0 Å². The molecule has 0 radical (unpaired) electrons. The van der Waals surface area contributed by atoms with Gasteiger partial charge in [0.2, 0.25) is 11.4 Å². The monoisotopic (exact) mass is 424 g/mol. The van der Waals surface area contributed by atoms with Crippen LogP contribution in [0.5, 0.6) is 0 Å². The molecule has 3 aromatic rings. The predicted molar refractivity (Wildman–Crippen MR) is 94.6 cm³/mol. The zero-order valence-electron chi connectivity index (χ0n) is 14.2. The Bertz CT molecular complexity index is 844. The third-order valence-corrected chi connectivity index (χ3v) is 4.76. The lowest BCUT2D eigenvalue weighted by molar-refractivity contribution is -0.688. The molecule has 0 saturated heterocycles. The Balaban J connectivity index is 0.00000182. The molecule has 142 valence electrons. The highest BCUT2D eigenvalue weighted by Gasteiger charge is 2.14. The van der Waals surface area contributed by atoms with Gasteiger partial charge in [0.05, 0.1) is 9.75 Å². The minimum absolute atomic E-state index is 0. The van der Waals surface area contributed by atoms with Crippen LogP contribution in [0.25, 0.3) is 0 Å². The van der Waals surface area contributed by atoms with Crippen molar-refractivity contribution in [2.75, 3.05) is 0 Å². The molecule has 0 fully saturated rings. The van der Waals surface area contributed by atoms with Crippen molar-refractivity contribution in [3.05, 3.63) is 82.1 Å². The normalized spacial score (nSPS) is 10.7. The number of aromatic nitrogens is 2. The zero-order valence-corrected chi connectivity index (χ0v) is 16.5. The molecular weight excluding hydrogens is 407 g/mol. The fraction of sp³-hybridized carbons (Fsp3) is 0.111. The maximum atomic E-state index is 8.78. The molecule has 0 aliphatic heterocycles. The van der Waals surface area contributed by atoms with Gasteiger partial charge in [-0.25, -0.2) is 0 Å². The van der Waals surface area contributed by atoms with Gasteiger partial charge >= 0.3 is 0 Å². The summed E-state index contributed by atoms with van der Waals surface area (Å²) in [5.41, 5.74) is 1.66. The first-order valence-corrected chi connectivity index (χ1v) is 8.51. The summed E-state index contributed by atoms with van der Waals surface area (Å²) < 4.78 is 4.05. The molecular formula is C18H18Cl2N4O2S. The molecule has 0 bridgehead atoms. The minimum atomic E-state index is 0. The Kier molecular flexibility index (Phi) is 9.42. The number of hydrogen-bond acceptors (Lipinski definition) is 5. The van der Waals surface area contributed by atoms with Gasteiger partial charge < -0.3 is 35.2 Å². The number of oxime groups is 2. The van der Waals surface area contributed by atoms with Gasteiger partial charge in [-0.3, -0.25) is 0 Å². The van der Waals surface area contributed by atoms with Crippen LogP contribution in [-0.2, 0) is 13.1 Å². The lowest BCUT2D eigenvalue weighted by Crippen LogP contribution is -3.00. The Hall–Kier alpha value is -2.48. The molecule has 2 N–H and O–H groups in total. The van der Waals surface area contributed by atoms with Crippen molar-refractivity contribution in [1.82, 2.24) is 0 Å². The van der Waals surface area contributed by atoms with Crippen molar-refractivity contribution in [2.24, 2.45) is 10.3 Å². The lowest BCUT2D eigenvalue weighted by atomic mass is 10.3. The lowest BCUT2D eigenvalue weighted by Gasteiger charge is -1.98. The Morgan fingerprint density at radius 3 is 1.59 bits per heavy atom. The highest BCUT2D eigenvalue weighted by Crippen LogP contribution is 2.16. The second kappa shape index (κ2) is 11.3. The summed E-state index contributed by atoms with van der Waals surface area (Å²) >= 11 is 1.72. The largest absolute Gasteiger partial charge is 1.00 e. The number of rotatable bonds is 6. The number of pyridine rings is 2. The Morgan fingerprint density at radius 2 is 1.19 bits per heavy atom. The van der Waals surface area contributed by atoms with Gasteiger partial charge in [0, 0.05) is 24.3 Å². The third kappa shape index (κ3) is 6.02. The summed E-state index contributed by atoms with van der Waals surface area (Å²) in [5, 5.41) is 23.8. The molecule has 6 nitrogen and oxygen atoms in total. The molecule has 0 spiro atoms. The highest BCUT2D eigenvalue weighted by atomic mass is 35.5. The maximum Gasteiger partial charge on any atom is 0.227 e. The Morgan fingerprint density at radius 1 is 0.741 bits per heavy atom. The van der Waals surface area contributed by atoms with Crippen LogP contribution in [0.4, 0.5) is 0 Å². The molecule has 0 aliphatic carbocycles. The van der Waals surface area contributed by atoms with E-state index in [2.05, 4.69) is 22.4 Å². The van der Waals surface area contributed by atoms with Gasteiger partial charge in [0.15, 0.2) is 25.5 Å². The van der Waals surface area contributed by atoms with Crippen molar-refractivity contribution in [3.8, 4) is 0 Å². The number of nitrogens with zero attached hydrogens (tertiary/aromatic N) is 4. The SMILES string of the molecule is O/N=C/c1cccc[n+]1Cc1ccc(C[n+]2ccccc2/C=N/O)s1.[Cl-].[Cl-]. The number of hydrogen-bond donors (Lipinski definition) is 2. The second-order valence-corrected chi connectivity index (χ2v) is 6.62. The first-order chi connectivity index (χ1) is 12.3. The first kappa shape index (κ1) is 22.6. The number of thiophene rings is 1. The van der Waals surface area contributed by atoms with Gasteiger partial charge in [-0.2, -0.15) is 9.13 Å². The smallest absolute Gasteiger partial charge is 0.227 e. The van der Waals surface area contributed by atoms with E-state index in [9.17, 15) is 0 Å². The summed E-state index contributed by atoms with van der Waals surface area (Å²) in [6.45, 7) is 1.41. The van der Waals surface area contributed by atoms with E-state index in [4.69, 9.17) is 10.4 Å². The van der Waals surface area contributed by atoms with E-state index in [0.717, 1.165) is 11.4 Å². The highest BCUT2D eigenvalue weighted by molar-refractivity contribution is 7.11. The van der Waals surface area contributed by atoms with Crippen molar-refractivity contribution >= 4 is 23.8 Å². The van der Waals surface area contributed by atoms with E-state index < -0.39 is 0 Å². The van der Waals surface area contributed by atoms with Crippen LogP contribution >= 0.6 is 11.3 Å². The molecule has 3 heterocycles. The van der Waals surface area contributed by atoms with Gasteiger partial charge in [0.1, 0.15) is 12.4 Å². The molecule has 0 aromatic carbocycles. The van der Waals surface area contributed by atoms with Gasteiger partial charge in [-0.05, 0) is 24.3 Å². The fourth-order valence-electron chi connectivity index (χ4n) is 2.55. The first-order valence-electron chi connectivity index (χ1n) is 7.69. The van der Waals surface area contributed by atoms with Gasteiger partial charge in [-0.1, -0.05) is 10.3 Å². The third-order valence-electron chi connectivity index (χ3n) is 3.70. The van der Waals surface area contributed by atoms with Crippen molar-refractivity contribution in [2.45, 2.75) is 13.1 Å². The molecule has 0 atom stereocenters. The van der Waals surface area contributed by atoms with Crippen molar-refractivity contribution in [1.29, 1.82) is 0 Å². The van der Waals surface area contributed by atoms with E-state index in [1.807, 2.05) is 57.9 Å². The standard InChI is InChI=1S/C18H16N4O2S.2ClH/c23-19-11-15-5-1-3-9-21(15)13-17-7-8-18(25-17)14-22-10-4-2-6-16(22)12-20-24;;/h1-12H,13-14H2;2*1H. The maximum absolute atomic E-state index is 8.78.